The lowest BCUT2D eigenvalue weighted by atomic mass is 10.1. The van der Waals surface area contributed by atoms with Crippen LogP contribution in [0.15, 0.2) is 90.0 Å². The smallest absolute Gasteiger partial charge is 0.265 e. The highest BCUT2D eigenvalue weighted by Crippen LogP contribution is 2.27. The van der Waals surface area contributed by atoms with Crippen molar-refractivity contribution in [1.29, 1.82) is 0 Å². The third-order valence-electron chi connectivity index (χ3n) is 6.48. The van der Waals surface area contributed by atoms with Gasteiger partial charge in [-0.15, -0.1) is 0 Å². The summed E-state index contributed by atoms with van der Waals surface area (Å²) in [4.78, 5) is 28.4. The Morgan fingerprint density at radius 3 is 2.26 bits per heavy atom. The van der Waals surface area contributed by atoms with Crippen LogP contribution in [0.1, 0.15) is 24.1 Å². The molecule has 1 atom stereocenters. The summed E-state index contributed by atoms with van der Waals surface area (Å²) >= 11 is 0. The van der Waals surface area contributed by atoms with Gasteiger partial charge in [0.25, 0.3) is 5.56 Å². The molecule has 0 spiro atoms. The first kappa shape index (κ1) is 21.0. The molecule has 6 rings (SSSR count). The number of fused-ring (bicyclic) bond motifs is 4. The lowest BCUT2D eigenvalue weighted by molar-refractivity contribution is 0.414. The molecule has 0 radical (unpaired) electrons. The summed E-state index contributed by atoms with van der Waals surface area (Å²) in [5.74, 6) is 0.790. The van der Waals surface area contributed by atoms with Gasteiger partial charge in [0.2, 0.25) is 0 Å². The van der Waals surface area contributed by atoms with E-state index in [1.165, 1.54) is 0 Å². The van der Waals surface area contributed by atoms with Crippen LogP contribution in [0.5, 0.6) is 5.75 Å². The molecule has 7 nitrogen and oxygen atoms in total. The molecule has 0 N–H and O–H groups in total. The molecule has 7 heteroatoms. The molecular weight excluding hydrogens is 438 g/mol. The standard InChI is InChI=1S/C28H23N5O2/c1-18(20-8-4-3-5-9-20)33-17-29-26-24(28(33)34)25-27(31-23-11-7-6-10-22(23)30-25)32(26)16-19-12-14-21(35-2)15-13-19/h3-15,17-18H,16H2,1-2H3. The number of hydrogen-bond acceptors (Lipinski definition) is 5. The number of para-hydroxylation sites is 2. The van der Waals surface area contributed by atoms with Gasteiger partial charge < -0.3 is 9.30 Å². The van der Waals surface area contributed by atoms with Crippen molar-refractivity contribution in [2.45, 2.75) is 19.5 Å². The van der Waals surface area contributed by atoms with Gasteiger partial charge in [-0.1, -0.05) is 54.6 Å². The first-order valence-corrected chi connectivity index (χ1v) is 11.5. The lowest BCUT2D eigenvalue weighted by Crippen LogP contribution is -2.24. The summed E-state index contributed by atoms with van der Waals surface area (Å²) in [6.07, 6.45) is 1.63. The molecule has 3 aromatic carbocycles. The van der Waals surface area contributed by atoms with E-state index in [4.69, 9.17) is 19.7 Å². The van der Waals surface area contributed by atoms with Crippen molar-refractivity contribution in [1.82, 2.24) is 24.1 Å². The summed E-state index contributed by atoms with van der Waals surface area (Å²) < 4.78 is 8.94. The maximum atomic E-state index is 13.9. The summed E-state index contributed by atoms with van der Waals surface area (Å²) in [6.45, 7) is 2.50. The van der Waals surface area contributed by atoms with Crippen molar-refractivity contribution in [3.05, 3.63) is 107 Å². The van der Waals surface area contributed by atoms with Crippen LogP contribution in [0.4, 0.5) is 0 Å². The molecule has 6 aromatic rings. The van der Waals surface area contributed by atoms with Crippen LogP contribution < -0.4 is 10.3 Å². The molecule has 0 aliphatic carbocycles. The maximum Gasteiger partial charge on any atom is 0.265 e. The minimum absolute atomic E-state index is 0.130. The van der Waals surface area contributed by atoms with E-state index < -0.39 is 0 Å². The number of rotatable bonds is 5. The molecule has 0 aliphatic heterocycles. The number of ether oxygens (including phenoxy) is 1. The number of aromatic nitrogens is 5. The minimum Gasteiger partial charge on any atom is -0.497 e. The second-order valence-electron chi connectivity index (χ2n) is 8.56. The number of benzene rings is 3. The number of nitrogens with zero attached hydrogens (tertiary/aromatic N) is 5. The summed E-state index contributed by atoms with van der Waals surface area (Å²) in [6, 6.07) is 25.3. The SMILES string of the molecule is COc1ccc(Cn2c3nc4ccccc4nc3c3c(=O)n(C(C)c4ccccc4)cnc32)cc1. The Labute approximate surface area is 201 Å². The molecule has 172 valence electrons. The molecule has 1 unspecified atom stereocenters. The van der Waals surface area contributed by atoms with Crippen molar-refractivity contribution in [2.24, 2.45) is 0 Å². The predicted molar refractivity (Wildman–Crippen MR) is 137 cm³/mol. The van der Waals surface area contributed by atoms with Crippen molar-refractivity contribution in [2.75, 3.05) is 7.11 Å². The molecule has 0 amide bonds. The molecule has 35 heavy (non-hydrogen) atoms. The van der Waals surface area contributed by atoms with E-state index in [1.807, 2.05) is 90.4 Å². The van der Waals surface area contributed by atoms with Crippen LogP contribution in [-0.4, -0.2) is 31.2 Å². The zero-order chi connectivity index (χ0) is 23.9. The molecule has 0 aliphatic rings. The van der Waals surface area contributed by atoms with Crippen LogP contribution >= 0.6 is 0 Å². The highest BCUT2D eigenvalue weighted by atomic mass is 16.5. The van der Waals surface area contributed by atoms with Crippen LogP contribution in [0.2, 0.25) is 0 Å². The van der Waals surface area contributed by atoms with Gasteiger partial charge in [-0.25, -0.2) is 15.0 Å². The van der Waals surface area contributed by atoms with Crippen LogP contribution in [-0.2, 0) is 6.54 Å². The number of methoxy groups -OCH3 is 1. The van der Waals surface area contributed by atoms with Gasteiger partial charge in [-0.3, -0.25) is 9.36 Å². The Morgan fingerprint density at radius 1 is 0.857 bits per heavy atom. The van der Waals surface area contributed by atoms with Crippen molar-refractivity contribution < 1.29 is 4.74 Å². The zero-order valence-electron chi connectivity index (χ0n) is 19.4. The largest absolute Gasteiger partial charge is 0.497 e. The Bertz CT molecular complexity index is 1740. The van der Waals surface area contributed by atoms with Gasteiger partial charge in [0, 0.05) is 0 Å². The van der Waals surface area contributed by atoms with Crippen molar-refractivity contribution >= 4 is 33.2 Å². The highest BCUT2D eigenvalue weighted by Gasteiger charge is 2.21. The fraction of sp³-hybridized carbons (Fsp3) is 0.143. The molecule has 3 heterocycles. The number of hydrogen-bond donors (Lipinski definition) is 0. The normalized spacial score (nSPS) is 12.4. The quantitative estimate of drug-likeness (QED) is 0.363. The van der Waals surface area contributed by atoms with E-state index >= 15 is 0 Å². The first-order valence-electron chi connectivity index (χ1n) is 11.5. The van der Waals surface area contributed by atoms with Crippen molar-refractivity contribution in [3.8, 4) is 5.75 Å². The lowest BCUT2D eigenvalue weighted by Gasteiger charge is -2.15. The van der Waals surface area contributed by atoms with Gasteiger partial charge in [-0.2, -0.15) is 0 Å². The van der Waals surface area contributed by atoms with E-state index in [1.54, 1.807) is 18.0 Å². The summed E-state index contributed by atoms with van der Waals surface area (Å²) in [5, 5.41) is 0.483. The van der Waals surface area contributed by atoms with Crippen LogP contribution in [0.25, 0.3) is 33.2 Å². The van der Waals surface area contributed by atoms with E-state index in [2.05, 4.69) is 0 Å². The Kier molecular flexibility index (Phi) is 5.03. The van der Waals surface area contributed by atoms with Crippen LogP contribution in [0, 0.1) is 0 Å². The second-order valence-corrected chi connectivity index (χ2v) is 8.56. The zero-order valence-corrected chi connectivity index (χ0v) is 19.4. The van der Waals surface area contributed by atoms with E-state index in [-0.39, 0.29) is 11.6 Å². The first-order chi connectivity index (χ1) is 17.1. The molecule has 3 aromatic heterocycles. The molecule has 0 fully saturated rings. The summed E-state index contributed by atoms with van der Waals surface area (Å²) in [5.41, 5.74) is 5.26. The van der Waals surface area contributed by atoms with Crippen LogP contribution in [0.3, 0.4) is 0 Å². The van der Waals surface area contributed by atoms with Gasteiger partial charge in [0.1, 0.15) is 23.0 Å². The highest BCUT2D eigenvalue weighted by molar-refractivity contribution is 6.04. The van der Waals surface area contributed by atoms with Gasteiger partial charge >= 0.3 is 0 Å². The van der Waals surface area contributed by atoms with E-state index in [0.717, 1.165) is 27.9 Å². The average molecular weight is 462 g/mol. The maximum absolute atomic E-state index is 13.9. The Balaban J connectivity index is 1.61. The fourth-order valence-corrected chi connectivity index (χ4v) is 4.55. The molecule has 0 bridgehead atoms. The van der Waals surface area contributed by atoms with Gasteiger partial charge in [0.05, 0.1) is 30.7 Å². The minimum atomic E-state index is -0.172. The third-order valence-corrected chi connectivity index (χ3v) is 6.48. The molecule has 0 saturated carbocycles. The monoisotopic (exact) mass is 461 g/mol. The molecular formula is C28H23N5O2. The second kappa shape index (κ2) is 8.36. The third kappa shape index (κ3) is 3.52. The van der Waals surface area contributed by atoms with Crippen molar-refractivity contribution in [3.63, 3.8) is 0 Å². The Hall–Kier alpha value is -4.52. The topological polar surface area (TPSA) is 74.8 Å². The summed E-state index contributed by atoms with van der Waals surface area (Å²) in [7, 11) is 1.65. The van der Waals surface area contributed by atoms with Gasteiger partial charge in [-0.05, 0) is 42.3 Å². The fourth-order valence-electron chi connectivity index (χ4n) is 4.55. The van der Waals surface area contributed by atoms with Gasteiger partial charge in [0.15, 0.2) is 11.3 Å². The average Bonchev–Trinajstić information content (AvgIpc) is 3.21. The Morgan fingerprint density at radius 2 is 1.54 bits per heavy atom. The predicted octanol–water partition coefficient (Wildman–Crippen LogP) is 4.96. The van der Waals surface area contributed by atoms with E-state index in [9.17, 15) is 4.79 Å². The molecule has 0 saturated heterocycles. The van der Waals surface area contributed by atoms with E-state index in [0.29, 0.717) is 28.7 Å².